The lowest BCUT2D eigenvalue weighted by Crippen LogP contribution is -2.35. The van der Waals surface area contributed by atoms with Gasteiger partial charge in [0.1, 0.15) is 6.29 Å². The zero-order chi connectivity index (χ0) is 9.68. The molecule has 0 bridgehead atoms. The van der Waals surface area contributed by atoms with Gasteiger partial charge in [-0.1, -0.05) is 0 Å². The van der Waals surface area contributed by atoms with Crippen molar-refractivity contribution in [1.29, 1.82) is 0 Å². The highest BCUT2D eigenvalue weighted by Crippen LogP contribution is 2.12. The number of ether oxygens (including phenoxy) is 3. The lowest BCUT2D eigenvalue weighted by molar-refractivity contribution is -0.172. The fraction of sp³-hybridized carbons (Fsp3) is 1.00. The molecule has 13 heavy (non-hydrogen) atoms. The summed E-state index contributed by atoms with van der Waals surface area (Å²) in [5, 5.41) is 0. The van der Waals surface area contributed by atoms with E-state index in [2.05, 4.69) is 0 Å². The van der Waals surface area contributed by atoms with Gasteiger partial charge >= 0.3 is 0 Å². The number of hydrogen-bond acceptors (Lipinski definition) is 4. The molecule has 1 fully saturated rings. The molecule has 0 aromatic rings. The standard InChI is InChI=1S/C8H18O4Si/c1-6(9-3)11-7(2)13-12-8-4-5-10-8/h6-8H,4-5,13H2,1-3H3. The largest absolute Gasteiger partial charge is 0.397 e. The van der Waals surface area contributed by atoms with Crippen LogP contribution in [0.5, 0.6) is 0 Å². The Balaban J connectivity index is 1.99. The Morgan fingerprint density at radius 3 is 2.62 bits per heavy atom. The third-order valence-electron chi connectivity index (χ3n) is 1.93. The molecule has 78 valence electrons. The van der Waals surface area contributed by atoms with Crippen molar-refractivity contribution < 1.29 is 18.6 Å². The average Bonchev–Trinajstić information content (AvgIpc) is 2.01. The van der Waals surface area contributed by atoms with Crippen molar-refractivity contribution in [2.24, 2.45) is 0 Å². The van der Waals surface area contributed by atoms with Gasteiger partial charge < -0.3 is 18.6 Å². The minimum absolute atomic E-state index is 0.0515. The third-order valence-corrected chi connectivity index (χ3v) is 3.16. The van der Waals surface area contributed by atoms with E-state index in [9.17, 15) is 0 Å². The third kappa shape index (κ3) is 4.19. The second-order valence-corrected chi connectivity index (χ2v) is 4.99. The van der Waals surface area contributed by atoms with Crippen LogP contribution < -0.4 is 0 Å². The fourth-order valence-corrected chi connectivity index (χ4v) is 2.11. The number of methoxy groups -OCH3 is 1. The maximum absolute atomic E-state index is 5.52. The van der Waals surface area contributed by atoms with Crippen molar-refractivity contribution in [2.75, 3.05) is 13.7 Å². The molecule has 0 aromatic heterocycles. The summed E-state index contributed by atoms with van der Waals surface area (Å²) in [6.07, 6.45) is 0.934. The molecule has 1 saturated heterocycles. The molecule has 1 aliphatic heterocycles. The summed E-state index contributed by atoms with van der Waals surface area (Å²) in [6, 6.07) is 0. The number of hydrogen-bond donors (Lipinski definition) is 0. The van der Waals surface area contributed by atoms with Gasteiger partial charge in [-0.05, 0) is 13.8 Å². The smallest absolute Gasteiger partial charge is 0.193 e. The van der Waals surface area contributed by atoms with E-state index in [1.807, 2.05) is 13.8 Å². The Hall–Kier alpha value is 0.0569. The average molecular weight is 206 g/mol. The molecular weight excluding hydrogens is 188 g/mol. The van der Waals surface area contributed by atoms with Crippen LogP contribution in [0.4, 0.5) is 0 Å². The highest BCUT2D eigenvalue weighted by atomic mass is 28.2. The van der Waals surface area contributed by atoms with Crippen molar-refractivity contribution >= 4 is 9.76 Å². The van der Waals surface area contributed by atoms with Gasteiger partial charge in [-0.25, -0.2) is 0 Å². The topological polar surface area (TPSA) is 36.9 Å². The first kappa shape index (κ1) is 11.1. The van der Waals surface area contributed by atoms with Crippen LogP contribution in [0.3, 0.4) is 0 Å². The fourth-order valence-electron chi connectivity index (χ4n) is 1.01. The van der Waals surface area contributed by atoms with E-state index in [-0.39, 0.29) is 18.3 Å². The minimum atomic E-state index is -0.651. The first-order valence-electron chi connectivity index (χ1n) is 4.64. The Morgan fingerprint density at radius 2 is 2.15 bits per heavy atom. The van der Waals surface area contributed by atoms with E-state index >= 15 is 0 Å². The van der Waals surface area contributed by atoms with Gasteiger partial charge in [0.25, 0.3) is 0 Å². The summed E-state index contributed by atoms with van der Waals surface area (Å²) >= 11 is 0. The van der Waals surface area contributed by atoms with Gasteiger partial charge in [0, 0.05) is 13.5 Å². The van der Waals surface area contributed by atoms with Gasteiger partial charge in [-0.15, -0.1) is 0 Å². The normalized spacial score (nSPS) is 27.5. The molecule has 0 aliphatic carbocycles. The van der Waals surface area contributed by atoms with Gasteiger partial charge in [0.05, 0.1) is 12.3 Å². The van der Waals surface area contributed by atoms with E-state index < -0.39 is 9.76 Å². The van der Waals surface area contributed by atoms with Crippen molar-refractivity contribution in [1.82, 2.24) is 0 Å². The molecule has 0 radical (unpaired) electrons. The zero-order valence-electron chi connectivity index (χ0n) is 8.49. The Labute approximate surface area is 81.4 Å². The molecule has 5 heteroatoms. The van der Waals surface area contributed by atoms with E-state index in [0.29, 0.717) is 0 Å². The van der Waals surface area contributed by atoms with Crippen LogP contribution in [0.2, 0.25) is 0 Å². The highest BCUT2D eigenvalue weighted by molar-refractivity contribution is 6.28. The van der Waals surface area contributed by atoms with Crippen LogP contribution in [0.15, 0.2) is 0 Å². The van der Waals surface area contributed by atoms with Gasteiger partial charge in [-0.2, -0.15) is 0 Å². The quantitative estimate of drug-likeness (QED) is 0.459. The molecule has 1 heterocycles. The minimum Gasteiger partial charge on any atom is -0.397 e. The summed E-state index contributed by atoms with van der Waals surface area (Å²) in [5.74, 6) is 0. The summed E-state index contributed by atoms with van der Waals surface area (Å²) < 4.78 is 21.1. The Kier molecular flexibility index (Phi) is 4.90. The van der Waals surface area contributed by atoms with Crippen LogP contribution in [0.25, 0.3) is 0 Å². The van der Waals surface area contributed by atoms with Crippen molar-refractivity contribution in [3.63, 3.8) is 0 Å². The second kappa shape index (κ2) is 5.72. The SMILES string of the molecule is COC(C)OC(C)[SiH2]OC1CCO1. The van der Waals surface area contributed by atoms with Crippen LogP contribution in [-0.2, 0) is 18.6 Å². The molecule has 3 atom stereocenters. The molecule has 3 unspecified atom stereocenters. The molecule has 4 nitrogen and oxygen atoms in total. The van der Waals surface area contributed by atoms with E-state index in [0.717, 1.165) is 13.0 Å². The van der Waals surface area contributed by atoms with Crippen LogP contribution >= 0.6 is 0 Å². The van der Waals surface area contributed by atoms with Crippen molar-refractivity contribution in [3.8, 4) is 0 Å². The first-order chi connectivity index (χ1) is 6.22. The van der Waals surface area contributed by atoms with E-state index in [4.69, 9.17) is 18.6 Å². The molecule has 0 saturated carbocycles. The zero-order valence-corrected chi connectivity index (χ0v) is 9.90. The number of rotatable bonds is 6. The molecule has 0 N–H and O–H groups in total. The maximum Gasteiger partial charge on any atom is 0.193 e. The van der Waals surface area contributed by atoms with Gasteiger partial charge in [0.15, 0.2) is 16.1 Å². The van der Waals surface area contributed by atoms with Gasteiger partial charge in [0.2, 0.25) is 0 Å². The van der Waals surface area contributed by atoms with Crippen molar-refractivity contribution in [2.45, 2.75) is 38.6 Å². The summed E-state index contributed by atoms with van der Waals surface area (Å²) in [6.45, 7) is 4.73. The Bertz CT molecular complexity index is 140. The van der Waals surface area contributed by atoms with Crippen LogP contribution in [-0.4, -0.2) is 41.8 Å². The van der Waals surface area contributed by atoms with Crippen molar-refractivity contribution in [3.05, 3.63) is 0 Å². The summed E-state index contributed by atoms with van der Waals surface area (Å²) in [7, 11) is 0.983. The second-order valence-electron chi connectivity index (χ2n) is 3.17. The van der Waals surface area contributed by atoms with Gasteiger partial charge in [-0.3, -0.25) is 0 Å². The predicted octanol–water partition coefficient (Wildman–Crippen LogP) is 0.188. The van der Waals surface area contributed by atoms with Crippen LogP contribution in [0.1, 0.15) is 20.3 Å². The van der Waals surface area contributed by atoms with E-state index in [1.54, 1.807) is 7.11 Å². The lowest BCUT2D eigenvalue weighted by Gasteiger charge is -2.28. The summed E-state index contributed by atoms with van der Waals surface area (Å²) in [4.78, 5) is 0. The predicted molar refractivity (Wildman–Crippen MR) is 51.0 cm³/mol. The lowest BCUT2D eigenvalue weighted by atomic mass is 10.4. The summed E-state index contributed by atoms with van der Waals surface area (Å²) in [5.41, 5.74) is 0.180. The molecule has 0 amide bonds. The maximum atomic E-state index is 5.52. The molecule has 0 spiro atoms. The van der Waals surface area contributed by atoms with Crippen LogP contribution in [0, 0.1) is 0 Å². The first-order valence-corrected chi connectivity index (χ1v) is 6.03. The molecule has 0 aromatic carbocycles. The van der Waals surface area contributed by atoms with E-state index in [1.165, 1.54) is 0 Å². The Morgan fingerprint density at radius 1 is 1.46 bits per heavy atom. The molecular formula is C8H18O4Si. The molecule has 1 aliphatic rings. The monoisotopic (exact) mass is 206 g/mol. The molecule has 1 rings (SSSR count). The highest BCUT2D eigenvalue weighted by Gasteiger charge is 2.20.